The number of nitrogens with zero attached hydrogens (tertiary/aromatic N) is 1. The molecule has 1 aliphatic rings. The summed E-state index contributed by atoms with van der Waals surface area (Å²) in [5.41, 5.74) is 0.127. The van der Waals surface area contributed by atoms with E-state index in [1.165, 1.54) is 0 Å². The molecule has 9 heteroatoms. The molecule has 0 radical (unpaired) electrons. The van der Waals surface area contributed by atoms with Crippen molar-refractivity contribution >= 4 is 40.9 Å². The number of nitrogens with one attached hydrogen (secondary N) is 1. The monoisotopic (exact) mass is 336 g/mol. The van der Waals surface area contributed by atoms with Crippen LogP contribution < -0.4 is 5.32 Å². The van der Waals surface area contributed by atoms with Crippen LogP contribution in [0.1, 0.15) is 6.42 Å². The Morgan fingerprint density at radius 1 is 1.33 bits per heavy atom. The highest BCUT2D eigenvalue weighted by molar-refractivity contribution is 6.35. The predicted octanol–water partition coefficient (Wildman–Crippen LogP) is 2.18. The summed E-state index contributed by atoms with van der Waals surface area (Å²) in [6, 6.07) is 0.454. The maximum absolute atomic E-state index is 13.3. The van der Waals surface area contributed by atoms with Crippen LogP contribution in [0.4, 0.5) is 14.9 Å². The van der Waals surface area contributed by atoms with E-state index in [0.717, 1.165) is 17.0 Å². The van der Waals surface area contributed by atoms with E-state index in [4.69, 9.17) is 28.3 Å². The average molecular weight is 337 g/mol. The van der Waals surface area contributed by atoms with Crippen LogP contribution in [0, 0.1) is 5.82 Å². The molecule has 2 atom stereocenters. The van der Waals surface area contributed by atoms with Crippen molar-refractivity contribution < 1.29 is 24.2 Å². The molecule has 21 heavy (non-hydrogen) atoms. The zero-order chi connectivity index (χ0) is 15.7. The number of aliphatic hydroxyl groups is 1. The number of hydrogen-bond acceptors (Lipinski definition) is 3. The predicted molar refractivity (Wildman–Crippen MR) is 74.2 cm³/mol. The standard InChI is InChI=1S/C12H11Cl2FN2O4/c13-7-1-5(2-8(14)10(7)15)16-12(21)17-4-6(18)3-9(17)11(19)20/h1-2,6,9,18H,3-4H2,(H,16,21)(H,19,20)/t6-,9+/m1/s1. The fourth-order valence-corrected chi connectivity index (χ4v) is 2.58. The second kappa shape index (κ2) is 6.05. The number of urea groups is 1. The van der Waals surface area contributed by atoms with E-state index in [9.17, 15) is 19.1 Å². The average Bonchev–Trinajstić information content (AvgIpc) is 2.78. The van der Waals surface area contributed by atoms with E-state index < -0.39 is 30.0 Å². The SMILES string of the molecule is O=C(O)[C@@H]1C[C@@H](O)CN1C(=O)Nc1cc(Cl)c(F)c(Cl)c1. The third-order valence-electron chi connectivity index (χ3n) is 3.06. The van der Waals surface area contributed by atoms with Gasteiger partial charge in [0.15, 0.2) is 5.82 Å². The van der Waals surface area contributed by atoms with E-state index in [1.807, 2.05) is 0 Å². The number of rotatable bonds is 2. The van der Waals surface area contributed by atoms with E-state index in [2.05, 4.69) is 5.32 Å². The number of likely N-dealkylation sites (tertiary alicyclic amines) is 1. The molecule has 0 bridgehead atoms. The van der Waals surface area contributed by atoms with E-state index >= 15 is 0 Å². The highest BCUT2D eigenvalue weighted by atomic mass is 35.5. The number of anilines is 1. The maximum atomic E-state index is 13.3. The van der Waals surface area contributed by atoms with Crippen molar-refractivity contribution in [1.82, 2.24) is 4.90 Å². The molecule has 114 valence electrons. The molecule has 1 aromatic carbocycles. The van der Waals surface area contributed by atoms with Crippen molar-refractivity contribution in [2.75, 3.05) is 11.9 Å². The van der Waals surface area contributed by atoms with Crippen LogP contribution in [0.2, 0.25) is 10.0 Å². The minimum Gasteiger partial charge on any atom is -0.480 e. The third kappa shape index (κ3) is 3.37. The lowest BCUT2D eigenvalue weighted by Gasteiger charge is -2.21. The largest absolute Gasteiger partial charge is 0.480 e. The van der Waals surface area contributed by atoms with Gasteiger partial charge in [-0.2, -0.15) is 0 Å². The van der Waals surface area contributed by atoms with Crippen LogP contribution in [0.25, 0.3) is 0 Å². The van der Waals surface area contributed by atoms with Crippen LogP contribution in [-0.4, -0.2) is 45.8 Å². The summed E-state index contributed by atoms with van der Waals surface area (Å²) in [6.07, 6.45) is -0.953. The number of carboxylic acid groups (broad SMARTS) is 1. The Hall–Kier alpha value is -1.57. The van der Waals surface area contributed by atoms with E-state index in [1.54, 1.807) is 0 Å². The topological polar surface area (TPSA) is 89.9 Å². The van der Waals surface area contributed by atoms with Crippen molar-refractivity contribution in [2.24, 2.45) is 0 Å². The summed E-state index contributed by atoms with van der Waals surface area (Å²) in [7, 11) is 0. The van der Waals surface area contributed by atoms with Gasteiger partial charge in [0, 0.05) is 18.7 Å². The second-order valence-corrected chi connectivity index (χ2v) is 5.39. The number of carboxylic acids is 1. The molecular formula is C12H11Cl2FN2O4. The summed E-state index contributed by atoms with van der Waals surface area (Å²) < 4.78 is 13.3. The van der Waals surface area contributed by atoms with Crippen LogP contribution in [-0.2, 0) is 4.79 Å². The number of amides is 2. The second-order valence-electron chi connectivity index (χ2n) is 4.58. The van der Waals surface area contributed by atoms with Gasteiger partial charge in [-0.1, -0.05) is 23.2 Å². The molecule has 2 rings (SSSR count). The molecule has 0 aromatic heterocycles. The van der Waals surface area contributed by atoms with Crippen LogP contribution in [0.3, 0.4) is 0 Å². The number of hydrogen-bond donors (Lipinski definition) is 3. The molecule has 2 amide bonds. The summed E-state index contributed by atoms with van der Waals surface area (Å²) in [6.45, 7) is -0.106. The van der Waals surface area contributed by atoms with Gasteiger partial charge in [0.2, 0.25) is 0 Å². The lowest BCUT2D eigenvalue weighted by Crippen LogP contribution is -2.43. The van der Waals surface area contributed by atoms with Crippen LogP contribution >= 0.6 is 23.2 Å². The van der Waals surface area contributed by atoms with Gasteiger partial charge < -0.3 is 20.4 Å². The molecule has 0 spiro atoms. The lowest BCUT2D eigenvalue weighted by molar-refractivity contribution is -0.141. The van der Waals surface area contributed by atoms with Gasteiger partial charge in [-0.25, -0.2) is 14.0 Å². The summed E-state index contributed by atoms with van der Waals surface area (Å²) in [4.78, 5) is 24.1. The third-order valence-corrected chi connectivity index (χ3v) is 3.61. The summed E-state index contributed by atoms with van der Waals surface area (Å²) >= 11 is 11.2. The fourth-order valence-electron chi connectivity index (χ4n) is 2.10. The van der Waals surface area contributed by atoms with E-state index in [0.29, 0.717) is 0 Å². The summed E-state index contributed by atoms with van der Waals surface area (Å²) in [5.74, 6) is -2.02. The Morgan fingerprint density at radius 3 is 2.43 bits per heavy atom. The van der Waals surface area contributed by atoms with Gasteiger partial charge in [0.05, 0.1) is 16.1 Å². The Kier molecular flexibility index (Phi) is 4.55. The number of carbonyl (C=O) groups is 2. The Balaban J connectivity index is 2.16. The first-order valence-corrected chi connectivity index (χ1v) is 6.68. The molecule has 1 aliphatic heterocycles. The van der Waals surface area contributed by atoms with Gasteiger partial charge in [0.25, 0.3) is 0 Å². The number of aliphatic carboxylic acids is 1. The van der Waals surface area contributed by atoms with Crippen LogP contribution in [0.5, 0.6) is 0 Å². The summed E-state index contributed by atoms with van der Waals surface area (Å²) in [5, 5.41) is 20.3. The van der Waals surface area contributed by atoms with Crippen molar-refractivity contribution in [1.29, 1.82) is 0 Å². The van der Waals surface area contributed by atoms with Gasteiger partial charge in [-0.15, -0.1) is 0 Å². The molecule has 1 fully saturated rings. The number of halogens is 3. The fraction of sp³-hybridized carbons (Fsp3) is 0.333. The molecule has 0 aliphatic carbocycles. The zero-order valence-electron chi connectivity index (χ0n) is 10.5. The molecule has 0 saturated carbocycles. The molecular weight excluding hydrogens is 326 g/mol. The van der Waals surface area contributed by atoms with Gasteiger partial charge in [-0.05, 0) is 12.1 Å². The number of carbonyl (C=O) groups excluding carboxylic acids is 1. The van der Waals surface area contributed by atoms with Gasteiger partial charge >= 0.3 is 12.0 Å². The van der Waals surface area contributed by atoms with Gasteiger partial charge in [0.1, 0.15) is 6.04 Å². The van der Waals surface area contributed by atoms with Crippen molar-refractivity contribution in [3.63, 3.8) is 0 Å². The Labute approximate surface area is 129 Å². The maximum Gasteiger partial charge on any atom is 0.326 e. The quantitative estimate of drug-likeness (QED) is 0.722. The molecule has 1 heterocycles. The smallest absolute Gasteiger partial charge is 0.326 e. The number of aliphatic hydroxyl groups excluding tert-OH is 1. The van der Waals surface area contributed by atoms with Gasteiger partial charge in [-0.3, -0.25) is 0 Å². The molecule has 6 nitrogen and oxygen atoms in total. The molecule has 1 aromatic rings. The highest BCUT2D eigenvalue weighted by Gasteiger charge is 2.39. The van der Waals surface area contributed by atoms with Crippen LogP contribution in [0.15, 0.2) is 12.1 Å². The number of benzene rings is 1. The first-order valence-electron chi connectivity index (χ1n) is 5.92. The molecule has 1 saturated heterocycles. The first kappa shape index (κ1) is 15.8. The van der Waals surface area contributed by atoms with Crippen molar-refractivity contribution in [3.05, 3.63) is 28.0 Å². The zero-order valence-corrected chi connectivity index (χ0v) is 12.0. The Bertz CT molecular complexity index is 576. The minimum atomic E-state index is -1.21. The lowest BCUT2D eigenvalue weighted by atomic mass is 10.2. The molecule has 3 N–H and O–H groups in total. The van der Waals surface area contributed by atoms with Crippen molar-refractivity contribution in [3.8, 4) is 0 Å². The molecule has 0 unspecified atom stereocenters. The Morgan fingerprint density at radius 2 is 1.90 bits per heavy atom. The van der Waals surface area contributed by atoms with Crippen molar-refractivity contribution in [2.45, 2.75) is 18.6 Å². The highest BCUT2D eigenvalue weighted by Crippen LogP contribution is 2.28. The number of β-amino-alcohol motifs (C(OH)–C–C–N with tert-alkyl or cyclic N) is 1. The normalized spacial score (nSPS) is 21.4. The van der Waals surface area contributed by atoms with E-state index in [-0.39, 0.29) is 28.7 Å². The minimum absolute atomic E-state index is 0.0479. The first-order chi connectivity index (χ1) is 9.79.